The second-order valence-electron chi connectivity index (χ2n) is 4.94. The van der Waals surface area contributed by atoms with Crippen molar-refractivity contribution in [2.24, 2.45) is 5.92 Å². The van der Waals surface area contributed by atoms with Crippen molar-refractivity contribution in [3.05, 3.63) is 35.1 Å². The van der Waals surface area contributed by atoms with Gasteiger partial charge in [0.05, 0.1) is 0 Å². The lowest BCUT2D eigenvalue weighted by molar-refractivity contribution is 0.438. The molecule has 1 aromatic carbocycles. The van der Waals surface area contributed by atoms with Gasteiger partial charge in [-0.3, -0.25) is 0 Å². The van der Waals surface area contributed by atoms with Gasteiger partial charge in [0.25, 0.3) is 0 Å². The van der Waals surface area contributed by atoms with Gasteiger partial charge in [0.15, 0.2) is 0 Å². The van der Waals surface area contributed by atoms with Gasteiger partial charge in [0.2, 0.25) is 5.88 Å². The number of aromatic nitrogens is 1. The third-order valence-corrected chi connectivity index (χ3v) is 2.88. The van der Waals surface area contributed by atoms with E-state index in [2.05, 4.69) is 19.0 Å². The van der Waals surface area contributed by atoms with Crippen molar-refractivity contribution in [2.45, 2.75) is 27.2 Å². The number of nitrogens with two attached hydrogens (primary N) is 1. The Bertz CT molecular complexity index is 561. The maximum absolute atomic E-state index is 13.6. The number of nitrogens with zero attached hydrogens (tertiary/aromatic N) is 1. The van der Waals surface area contributed by atoms with Gasteiger partial charge in [-0.15, -0.1) is 0 Å². The molecule has 0 saturated carbocycles. The molecule has 0 aliphatic carbocycles. The van der Waals surface area contributed by atoms with Crippen LogP contribution in [0.3, 0.4) is 0 Å². The van der Waals surface area contributed by atoms with Gasteiger partial charge in [-0.25, -0.2) is 4.39 Å². The van der Waals surface area contributed by atoms with Crippen LogP contribution in [-0.2, 0) is 6.42 Å². The third-order valence-electron chi connectivity index (χ3n) is 2.88. The molecule has 2 N–H and O–H groups in total. The lowest BCUT2D eigenvalue weighted by Crippen LogP contribution is -1.98. The summed E-state index contributed by atoms with van der Waals surface area (Å²) < 4.78 is 18.6. The second-order valence-corrected chi connectivity index (χ2v) is 4.94. The molecule has 0 saturated heterocycles. The molecule has 0 bridgehead atoms. The summed E-state index contributed by atoms with van der Waals surface area (Å²) in [5.74, 6) is 0.505. The monoisotopic (exact) mass is 248 g/mol. The van der Waals surface area contributed by atoms with Gasteiger partial charge in [0.1, 0.15) is 11.5 Å². The fourth-order valence-corrected chi connectivity index (χ4v) is 1.89. The van der Waals surface area contributed by atoms with E-state index in [9.17, 15) is 4.39 Å². The van der Waals surface area contributed by atoms with Crippen LogP contribution in [0.2, 0.25) is 0 Å². The highest BCUT2D eigenvalue weighted by atomic mass is 19.1. The van der Waals surface area contributed by atoms with E-state index < -0.39 is 0 Å². The number of benzene rings is 1. The minimum atomic E-state index is -0.246. The number of hydrogen-bond acceptors (Lipinski definition) is 3. The summed E-state index contributed by atoms with van der Waals surface area (Å²) in [6, 6.07) is 5.03. The molecule has 0 aliphatic rings. The third kappa shape index (κ3) is 2.37. The minimum Gasteiger partial charge on any atom is -0.367 e. The summed E-state index contributed by atoms with van der Waals surface area (Å²) in [5, 5.41) is 3.94. The highest BCUT2D eigenvalue weighted by Gasteiger charge is 2.17. The van der Waals surface area contributed by atoms with E-state index in [0.717, 1.165) is 12.0 Å². The average Bonchev–Trinajstić information content (AvgIpc) is 2.64. The zero-order valence-corrected chi connectivity index (χ0v) is 10.8. The summed E-state index contributed by atoms with van der Waals surface area (Å²) in [7, 11) is 0. The topological polar surface area (TPSA) is 52.0 Å². The highest BCUT2D eigenvalue weighted by molar-refractivity contribution is 5.67. The van der Waals surface area contributed by atoms with Crippen LogP contribution in [0.5, 0.6) is 0 Å². The number of aryl methyl sites for hydroxylation is 1. The Morgan fingerprint density at radius 2 is 2.11 bits per heavy atom. The van der Waals surface area contributed by atoms with E-state index in [4.69, 9.17) is 10.3 Å². The van der Waals surface area contributed by atoms with Crippen LogP contribution in [0.1, 0.15) is 25.0 Å². The molecule has 0 fully saturated rings. The number of anilines is 1. The standard InChI is InChI=1S/C14H17FN2O/c1-8(2)6-11-13(17-18-14(11)16)10-5-4-9(3)12(15)7-10/h4-5,7-8H,6,16H2,1-3H3. The van der Waals surface area contributed by atoms with Crippen LogP contribution in [0.25, 0.3) is 11.3 Å². The fourth-order valence-electron chi connectivity index (χ4n) is 1.89. The maximum Gasteiger partial charge on any atom is 0.225 e. The van der Waals surface area contributed by atoms with Crippen molar-refractivity contribution in [1.82, 2.24) is 5.16 Å². The molecule has 0 spiro atoms. The van der Waals surface area contributed by atoms with Crippen LogP contribution in [-0.4, -0.2) is 5.16 Å². The number of rotatable bonds is 3. The van der Waals surface area contributed by atoms with Gasteiger partial charge in [-0.1, -0.05) is 31.1 Å². The lowest BCUT2D eigenvalue weighted by Gasteiger charge is -2.06. The Kier molecular flexibility index (Phi) is 3.36. The van der Waals surface area contributed by atoms with Crippen molar-refractivity contribution in [3.8, 4) is 11.3 Å². The van der Waals surface area contributed by atoms with E-state index in [1.54, 1.807) is 13.0 Å². The van der Waals surface area contributed by atoms with Gasteiger partial charge >= 0.3 is 0 Å². The minimum absolute atomic E-state index is 0.246. The van der Waals surface area contributed by atoms with Crippen LogP contribution in [0.15, 0.2) is 22.7 Å². The first-order valence-electron chi connectivity index (χ1n) is 5.99. The maximum atomic E-state index is 13.6. The first-order chi connectivity index (χ1) is 8.49. The summed E-state index contributed by atoms with van der Waals surface area (Å²) in [6.45, 7) is 5.91. The molecular formula is C14H17FN2O. The summed E-state index contributed by atoms with van der Waals surface area (Å²) in [5.41, 5.74) is 8.58. The van der Waals surface area contributed by atoms with Crippen LogP contribution in [0, 0.1) is 18.7 Å². The Morgan fingerprint density at radius 3 is 2.72 bits per heavy atom. The van der Waals surface area contributed by atoms with Gasteiger partial charge in [-0.05, 0) is 30.9 Å². The molecular weight excluding hydrogens is 231 g/mol. The van der Waals surface area contributed by atoms with E-state index in [0.29, 0.717) is 28.6 Å². The summed E-state index contributed by atoms with van der Waals surface area (Å²) in [4.78, 5) is 0. The molecule has 1 aromatic heterocycles. The SMILES string of the molecule is Cc1ccc(-c2noc(N)c2CC(C)C)cc1F. The van der Waals surface area contributed by atoms with Gasteiger partial charge in [0, 0.05) is 11.1 Å². The largest absolute Gasteiger partial charge is 0.367 e. The normalized spacial score (nSPS) is 11.2. The van der Waals surface area contributed by atoms with Gasteiger partial charge in [-0.2, -0.15) is 0 Å². The fraction of sp³-hybridized carbons (Fsp3) is 0.357. The first-order valence-corrected chi connectivity index (χ1v) is 5.99. The van der Waals surface area contributed by atoms with Crippen LogP contribution in [0.4, 0.5) is 10.3 Å². The predicted molar refractivity (Wildman–Crippen MR) is 69.6 cm³/mol. The molecule has 0 unspecified atom stereocenters. The molecule has 1 heterocycles. The molecule has 0 atom stereocenters. The smallest absolute Gasteiger partial charge is 0.225 e. The molecule has 2 rings (SSSR count). The quantitative estimate of drug-likeness (QED) is 0.903. The van der Waals surface area contributed by atoms with Crippen LogP contribution < -0.4 is 5.73 Å². The van der Waals surface area contributed by atoms with E-state index in [1.165, 1.54) is 6.07 Å². The molecule has 2 aromatic rings. The predicted octanol–water partition coefficient (Wildman–Crippen LogP) is 3.57. The summed E-state index contributed by atoms with van der Waals surface area (Å²) >= 11 is 0. The van der Waals surface area contributed by atoms with E-state index in [-0.39, 0.29) is 5.82 Å². The molecule has 4 heteroatoms. The molecule has 18 heavy (non-hydrogen) atoms. The van der Waals surface area contributed by atoms with Crippen molar-refractivity contribution >= 4 is 5.88 Å². The second kappa shape index (κ2) is 4.80. The number of halogens is 1. The van der Waals surface area contributed by atoms with E-state index in [1.807, 2.05) is 6.07 Å². The number of nitrogen functional groups attached to an aromatic ring is 1. The zero-order valence-electron chi connectivity index (χ0n) is 10.8. The Morgan fingerprint density at radius 1 is 1.39 bits per heavy atom. The zero-order chi connectivity index (χ0) is 13.3. The Balaban J connectivity index is 2.47. The molecule has 3 nitrogen and oxygen atoms in total. The summed E-state index contributed by atoms with van der Waals surface area (Å²) in [6.07, 6.45) is 0.764. The lowest BCUT2D eigenvalue weighted by atomic mass is 9.98. The Hall–Kier alpha value is -1.84. The first kappa shape index (κ1) is 12.6. The number of hydrogen-bond donors (Lipinski definition) is 1. The van der Waals surface area contributed by atoms with Crippen LogP contribution >= 0.6 is 0 Å². The Labute approximate surface area is 106 Å². The van der Waals surface area contributed by atoms with Gasteiger partial charge < -0.3 is 10.3 Å². The molecule has 0 radical (unpaired) electrons. The average molecular weight is 248 g/mol. The van der Waals surface area contributed by atoms with Crippen molar-refractivity contribution in [3.63, 3.8) is 0 Å². The van der Waals surface area contributed by atoms with Crippen molar-refractivity contribution in [2.75, 3.05) is 5.73 Å². The molecule has 0 aliphatic heterocycles. The van der Waals surface area contributed by atoms with E-state index >= 15 is 0 Å². The van der Waals surface area contributed by atoms with Crippen molar-refractivity contribution in [1.29, 1.82) is 0 Å². The molecule has 96 valence electrons. The highest BCUT2D eigenvalue weighted by Crippen LogP contribution is 2.30. The molecule has 0 amide bonds. The van der Waals surface area contributed by atoms with Crippen molar-refractivity contribution < 1.29 is 8.91 Å².